The largest absolute Gasteiger partial charge is 0.445 e. The molecule has 0 saturated carbocycles. The Morgan fingerprint density at radius 1 is 1.18 bits per heavy atom. The molecule has 3 rings (SSSR count). The van der Waals surface area contributed by atoms with Crippen LogP contribution in [-0.2, 0) is 11.3 Å². The predicted molar refractivity (Wildman–Crippen MR) is 138 cm³/mol. The highest BCUT2D eigenvalue weighted by atomic mass is 32.1. The van der Waals surface area contributed by atoms with E-state index < -0.39 is 6.09 Å². The van der Waals surface area contributed by atoms with Crippen molar-refractivity contribution in [3.8, 4) is 21.8 Å². The number of aromatic nitrogens is 3. The Bertz CT molecular complexity index is 1080. The van der Waals surface area contributed by atoms with Gasteiger partial charge in [-0.2, -0.15) is 0 Å². The highest BCUT2D eigenvalue weighted by Crippen LogP contribution is 2.32. The van der Waals surface area contributed by atoms with Crippen molar-refractivity contribution in [2.45, 2.75) is 33.4 Å². The van der Waals surface area contributed by atoms with Gasteiger partial charge in [0.15, 0.2) is 5.13 Å². The standard InChI is InChI=1S/C24H33N7O2S/c1-6-25-24(32)33-15-17-9-7-8-10-18(17)19-13-20(21-14-27-23(34-21)28-16(2)3)30-22(29-19)26-11-12-31(4)5/h7-10,13-14,16H,6,11-12,15H2,1-5H3,(H,25,32)(H,27,28)(H,26,29,30). The molecule has 0 atom stereocenters. The summed E-state index contributed by atoms with van der Waals surface area (Å²) < 4.78 is 5.38. The van der Waals surface area contributed by atoms with Crippen LogP contribution in [0.15, 0.2) is 36.5 Å². The SMILES string of the molecule is CCNC(=O)OCc1ccccc1-c1cc(-c2cnc(NC(C)C)s2)nc(NCCN(C)C)n1. The van der Waals surface area contributed by atoms with Crippen LogP contribution < -0.4 is 16.0 Å². The van der Waals surface area contributed by atoms with Gasteiger partial charge in [0, 0.05) is 37.4 Å². The molecule has 0 saturated heterocycles. The second-order valence-corrected chi connectivity index (χ2v) is 9.32. The van der Waals surface area contributed by atoms with Crippen LogP contribution in [0.2, 0.25) is 0 Å². The minimum absolute atomic E-state index is 0.147. The molecule has 3 N–H and O–H groups in total. The summed E-state index contributed by atoms with van der Waals surface area (Å²) in [6, 6.07) is 10.0. The van der Waals surface area contributed by atoms with E-state index in [1.54, 1.807) is 11.3 Å². The Morgan fingerprint density at radius 2 is 1.94 bits per heavy atom. The van der Waals surface area contributed by atoms with Crippen molar-refractivity contribution in [2.24, 2.45) is 0 Å². The lowest BCUT2D eigenvalue weighted by Gasteiger charge is -2.14. The Kier molecular flexibility index (Phi) is 9.17. The number of likely N-dealkylation sites (N-methyl/N-ethyl adjacent to an activating group) is 1. The van der Waals surface area contributed by atoms with E-state index in [-0.39, 0.29) is 6.61 Å². The fraction of sp³-hybridized carbons (Fsp3) is 0.417. The summed E-state index contributed by atoms with van der Waals surface area (Å²) in [5.41, 5.74) is 3.28. The number of anilines is 2. The van der Waals surface area contributed by atoms with E-state index in [2.05, 4.69) is 39.7 Å². The average molecular weight is 484 g/mol. The first-order chi connectivity index (χ1) is 16.4. The number of hydrogen-bond donors (Lipinski definition) is 3. The lowest BCUT2D eigenvalue weighted by molar-refractivity contribution is 0.140. The minimum Gasteiger partial charge on any atom is -0.445 e. The molecule has 0 aliphatic rings. The number of carbonyl (C=O) groups excluding carboxylic acids is 1. The molecule has 0 bridgehead atoms. The van der Waals surface area contributed by atoms with Gasteiger partial charge in [-0.25, -0.2) is 19.7 Å². The summed E-state index contributed by atoms with van der Waals surface area (Å²) in [6.45, 7) is 8.23. The van der Waals surface area contributed by atoms with Crippen molar-refractivity contribution >= 4 is 28.5 Å². The summed E-state index contributed by atoms with van der Waals surface area (Å²) in [4.78, 5) is 28.9. The number of thiazole rings is 1. The average Bonchev–Trinajstić information content (AvgIpc) is 3.25. The van der Waals surface area contributed by atoms with Crippen LogP contribution in [0.3, 0.4) is 0 Å². The number of nitrogens with zero attached hydrogens (tertiary/aromatic N) is 4. The zero-order chi connectivity index (χ0) is 24.5. The van der Waals surface area contributed by atoms with Gasteiger partial charge < -0.3 is 25.6 Å². The first-order valence-corrected chi connectivity index (χ1v) is 12.2. The van der Waals surface area contributed by atoms with E-state index in [1.807, 2.05) is 57.5 Å². The van der Waals surface area contributed by atoms with Crippen molar-refractivity contribution in [3.05, 3.63) is 42.1 Å². The molecule has 9 nitrogen and oxygen atoms in total. The Hall–Kier alpha value is -3.24. The fourth-order valence-corrected chi connectivity index (χ4v) is 4.05. The molecule has 0 radical (unpaired) electrons. The molecule has 0 aliphatic carbocycles. The molecule has 1 aromatic carbocycles. The van der Waals surface area contributed by atoms with Crippen LogP contribution in [0.25, 0.3) is 21.8 Å². The monoisotopic (exact) mass is 483 g/mol. The maximum atomic E-state index is 11.8. The summed E-state index contributed by atoms with van der Waals surface area (Å²) in [7, 11) is 4.05. The summed E-state index contributed by atoms with van der Waals surface area (Å²) in [5, 5.41) is 10.2. The summed E-state index contributed by atoms with van der Waals surface area (Å²) in [6.07, 6.45) is 1.39. The van der Waals surface area contributed by atoms with Gasteiger partial charge in [0.05, 0.1) is 16.3 Å². The van der Waals surface area contributed by atoms with Crippen LogP contribution >= 0.6 is 11.3 Å². The van der Waals surface area contributed by atoms with E-state index in [0.717, 1.165) is 39.1 Å². The molecule has 0 aliphatic heterocycles. The molecule has 3 aromatic rings. The molecule has 10 heteroatoms. The zero-order valence-electron chi connectivity index (χ0n) is 20.4. The van der Waals surface area contributed by atoms with Gasteiger partial charge in [-0.1, -0.05) is 35.6 Å². The minimum atomic E-state index is -0.443. The first kappa shape index (κ1) is 25.4. The van der Waals surface area contributed by atoms with Crippen molar-refractivity contribution in [1.82, 2.24) is 25.2 Å². The van der Waals surface area contributed by atoms with Crippen LogP contribution in [0.4, 0.5) is 15.9 Å². The fourth-order valence-electron chi connectivity index (χ4n) is 3.12. The normalized spacial score (nSPS) is 11.0. The van der Waals surface area contributed by atoms with Crippen molar-refractivity contribution in [1.29, 1.82) is 0 Å². The molecule has 0 unspecified atom stereocenters. The first-order valence-electron chi connectivity index (χ1n) is 11.3. The zero-order valence-corrected chi connectivity index (χ0v) is 21.2. The lowest BCUT2D eigenvalue weighted by atomic mass is 10.0. The molecule has 0 fully saturated rings. The van der Waals surface area contributed by atoms with Crippen molar-refractivity contribution in [2.75, 3.05) is 44.4 Å². The number of nitrogens with one attached hydrogen (secondary N) is 3. The second kappa shape index (κ2) is 12.3. The highest BCUT2D eigenvalue weighted by molar-refractivity contribution is 7.18. The number of ether oxygens (including phenoxy) is 1. The Labute approximate surface area is 205 Å². The van der Waals surface area contributed by atoms with Gasteiger partial charge in [0.25, 0.3) is 0 Å². The lowest BCUT2D eigenvalue weighted by Crippen LogP contribution is -2.23. The quantitative estimate of drug-likeness (QED) is 0.371. The number of alkyl carbamates (subject to hydrolysis) is 1. The van der Waals surface area contributed by atoms with E-state index >= 15 is 0 Å². The van der Waals surface area contributed by atoms with Crippen LogP contribution in [0.1, 0.15) is 26.3 Å². The summed E-state index contributed by atoms with van der Waals surface area (Å²) >= 11 is 1.55. The molecule has 2 aromatic heterocycles. The van der Waals surface area contributed by atoms with E-state index in [1.165, 1.54) is 0 Å². The molecule has 0 spiro atoms. The van der Waals surface area contributed by atoms with E-state index in [9.17, 15) is 4.79 Å². The third-order valence-corrected chi connectivity index (χ3v) is 5.66. The van der Waals surface area contributed by atoms with Gasteiger partial charge in [-0.15, -0.1) is 0 Å². The maximum Gasteiger partial charge on any atom is 0.407 e. The Balaban J connectivity index is 1.95. The maximum absolute atomic E-state index is 11.8. The molecular weight excluding hydrogens is 450 g/mol. The van der Waals surface area contributed by atoms with Gasteiger partial charge in [0.1, 0.15) is 6.61 Å². The smallest absolute Gasteiger partial charge is 0.407 e. The highest BCUT2D eigenvalue weighted by Gasteiger charge is 2.15. The molecule has 2 heterocycles. The van der Waals surface area contributed by atoms with Crippen molar-refractivity contribution < 1.29 is 9.53 Å². The number of carbonyl (C=O) groups is 1. The Morgan fingerprint density at radius 3 is 2.68 bits per heavy atom. The molecule has 182 valence electrons. The van der Waals surface area contributed by atoms with E-state index in [4.69, 9.17) is 14.7 Å². The van der Waals surface area contributed by atoms with Crippen LogP contribution in [-0.4, -0.2) is 65.7 Å². The molecular formula is C24H33N7O2S. The van der Waals surface area contributed by atoms with Crippen molar-refractivity contribution in [3.63, 3.8) is 0 Å². The predicted octanol–water partition coefficient (Wildman–Crippen LogP) is 4.31. The third-order valence-electron chi connectivity index (χ3n) is 4.71. The molecule has 34 heavy (non-hydrogen) atoms. The van der Waals surface area contributed by atoms with Gasteiger partial charge in [0.2, 0.25) is 5.95 Å². The van der Waals surface area contributed by atoms with E-state index in [0.29, 0.717) is 25.1 Å². The van der Waals surface area contributed by atoms with Gasteiger partial charge in [-0.3, -0.25) is 0 Å². The van der Waals surface area contributed by atoms with Gasteiger partial charge >= 0.3 is 6.09 Å². The third kappa shape index (κ3) is 7.39. The number of rotatable bonds is 11. The second-order valence-electron chi connectivity index (χ2n) is 8.28. The number of benzene rings is 1. The van der Waals surface area contributed by atoms with Gasteiger partial charge in [-0.05, 0) is 46.5 Å². The number of hydrogen-bond acceptors (Lipinski definition) is 9. The summed E-state index contributed by atoms with van der Waals surface area (Å²) in [5.74, 6) is 0.542. The van der Waals surface area contributed by atoms with Crippen LogP contribution in [0, 0.1) is 0 Å². The number of amides is 1. The van der Waals surface area contributed by atoms with Crippen LogP contribution in [0.5, 0.6) is 0 Å². The topological polar surface area (TPSA) is 104 Å². The molecule has 1 amide bonds.